The van der Waals surface area contributed by atoms with Gasteiger partial charge in [-0.3, -0.25) is 10.1 Å². The third kappa shape index (κ3) is 5.44. The molecule has 1 aliphatic carbocycles. The monoisotopic (exact) mass is 474 g/mol. The summed E-state index contributed by atoms with van der Waals surface area (Å²) < 4.78 is 11.7. The van der Waals surface area contributed by atoms with Crippen LogP contribution in [0, 0.1) is 10.1 Å². The van der Waals surface area contributed by atoms with E-state index in [2.05, 4.69) is 10.3 Å². The van der Waals surface area contributed by atoms with Gasteiger partial charge in [-0.2, -0.15) is 0 Å². The molecule has 0 atom stereocenters. The molecule has 35 heavy (non-hydrogen) atoms. The summed E-state index contributed by atoms with van der Waals surface area (Å²) in [7, 11) is 0. The molecule has 1 saturated carbocycles. The van der Waals surface area contributed by atoms with Crippen LogP contribution < -0.4 is 10.2 Å². The van der Waals surface area contributed by atoms with E-state index in [9.17, 15) is 10.1 Å². The van der Waals surface area contributed by atoms with Crippen LogP contribution in [-0.4, -0.2) is 35.0 Å². The van der Waals surface area contributed by atoms with Crippen molar-refractivity contribution in [3.63, 3.8) is 0 Å². The Morgan fingerprint density at radius 2 is 1.51 bits per heavy atom. The largest absolute Gasteiger partial charge is 0.377 e. The minimum absolute atomic E-state index is 0.00742. The van der Waals surface area contributed by atoms with Crippen LogP contribution in [0.4, 0.5) is 17.2 Å². The molecule has 0 radical (unpaired) electrons. The number of rotatable bonds is 8. The number of nitrogens with one attached hydrogen (secondary N) is 1. The Bertz CT molecular complexity index is 1080. The number of pyridine rings is 1. The van der Waals surface area contributed by atoms with E-state index >= 15 is 0 Å². The van der Waals surface area contributed by atoms with Gasteiger partial charge in [-0.05, 0) is 30.0 Å². The van der Waals surface area contributed by atoms with E-state index in [1.54, 1.807) is 12.3 Å². The average molecular weight is 475 g/mol. The Morgan fingerprint density at radius 3 is 2.06 bits per heavy atom. The van der Waals surface area contributed by atoms with Crippen molar-refractivity contribution in [3.8, 4) is 0 Å². The quantitative estimate of drug-likeness (QED) is 0.350. The van der Waals surface area contributed by atoms with Crippen LogP contribution in [0.3, 0.4) is 0 Å². The van der Waals surface area contributed by atoms with Gasteiger partial charge in [0, 0.05) is 38.2 Å². The molecule has 1 spiro atoms. The Kier molecular flexibility index (Phi) is 6.92. The smallest absolute Gasteiger partial charge is 0.334 e. The van der Waals surface area contributed by atoms with E-state index in [0.29, 0.717) is 37.8 Å². The Hall–Kier alpha value is -3.49. The van der Waals surface area contributed by atoms with Gasteiger partial charge in [-0.25, -0.2) is 4.98 Å². The van der Waals surface area contributed by atoms with Crippen LogP contribution in [0.5, 0.6) is 0 Å². The van der Waals surface area contributed by atoms with E-state index in [1.165, 1.54) is 0 Å². The summed E-state index contributed by atoms with van der Waals surface area (Å²) in [6.07, 6.45) is 4.87. The molecule has 1 N–H and O–H groups in total. The Balaban J connectivity index is 1.42. The predicted molar refractivity (Wildman–Crippen MR) is 134 cm³/mol. The second kappa shape index (κ2) is 10.4. The highest BCUT2D eigenvalue weighted by Crippen LogP contribution is 2.39. The highest BCUT2D eigenvalue weighted by atomic mass is 16.7. The lowest BCUT2D eigenvalue weighted by Gasteiger charge is -2.36. The lowest BCUT2D eigenvalue weighted by atomic mass is 9.90. The first-order chi connectivity index (χ1) is 17.1. The first kappa shape index (κ1) is 23.3. The van der Waals surface area contributed by atoms with Crippen LogP contribution in [0.15, 0.2) is 72.9 Å². The SMILES string of the molecule is O=[N+]([O-])c1c(NC2CCC3(CC2)OCCO3)ccnc1N(Cc1ccccc1)Cc1ccccc1. The number of hydrogen-bond donors (Lipinski definition) is 1. The Morgan fingerprint density at radius 1 is 0.943 bits per heavy atom. The molecule has 8 nitrogen and oxygen atoms in total. The van der Waals surface area contributed by atoms with Crippen molar-refractivity contribution in [2.45, 2.75) is 50.6 Å². The van der Waals surface area contributed by atoms with Crippen LogP contribution in [0.1, 0.15) is 36.8 Å². The van der Waals surface area contributed by atoms with E-state index in [1.807, 2.05) is 65.6 Å². The standard InChI is InChI=1S/C27H30N4O4/c32-31(33)25-24(29-23-11-14-27(15-12-23)34-17-18-35-27)13-16-28-26(25)30(19-21-7-3-1-4-8-21)20-22-9-5-2-6-10-22/h1-10,13,16,23H,11-12,14-15,17-20H2,(H,28,29). The zero-order chi connectivity index (χ0) is 24.1. The average Bonchev–Trinajstić information content (AvgIpc) is 3.34. The normalized spacial score (nSPS) is 17.4. The molecule has 1 saturated heterocycles. The number of nitro groups is 1. The maximum Gasteiger partial charge on any atom is 0.334 e. The second-order valence-corrected chi connectivity index (χ2v) is 9.14. The first-order valence-corrected chi connectivity index (χ1v) is 12.1. The lowest BCUT2D eigenvalue weighted by molar-refractivity contribution is -0.383. The maximum atomic E-state index is 12.4. The van der Waals surface area contributed by atoms with Crippen molar-refractivity contribution < 1.29 is 14.4 Å². The minimum atomic E-state index is -0.463. The van der Waals surface area contributed by atoms with Crippen molar-refractivity contribution in [2.24, 2.45) is 0 Å². The van der Waals surface area contributed by atoms with Crippen molar-refractivity contribution >= 4 is 17.2 Å². The molecule has 2 aliphatic rings. The second-order valence-electron chi connectivity index (χ2n) is 9.14. The minimum Gasteiger partial charge on any atom is -0.377 e. The third-order valence-corrected chi connectivity index (χ3v) is 6.74. The lowest BCUT2D eigenvalue weighted by Crippen LogP contribution is -2.39. The van der Waals surface area contributed by atoms with Crippen molar-refractivity contribution in [3.05, 3.63) is 94.2 Å². The number of aromatic nitrogens is 1. The number of hydrogen-bond acceptors (Lipinski definition) is 7. The summed E-state index contributed by atoms with van der Waals surface area (Å²) in [5.41, 5.74) is 2.63. The fourth-order valence-corrected chi connectivity index (χ4v) is 4.99. The molecular formula is C27H30N4O4. The van der Waals surface area contributed by atoms with Gasteiger partial charge in [0.2, 0.25) is 5.82 Å². The molecular weight excluding hydrogens is 444 g/mol. The molecule has 182 valence electrons. The van der Waals surface area contributed by atoms with Gasteiger partial charge in [0.05, 0.1) is 18.1 Å². The number of benzene rings is 2. The fraction of sp³-hybridized carbons (Fsp3) is 0.370. The molecule has 0 unspecified atom stereocenters. The van der Waals surface area contributed by atoms with Gasteiger partial charge in [0.1, 0.15) is 5.69 Å². The number of nitrogens with zero attached hydrogens (tertiary/aromatic N) is 3. The van der Waals surface area contributed by atoms with Gasteiger partial charge in [-0.15, -0.1) is 0 Å². The van der Waals surface area contributed by atoms with Crippen LogP contribution in [0.25, 0.3) is 0 Å². The summed E-state index contributed by atoms with van der Waals surface area (Å²) in [4.78, 5) is 18.5. The highest BCUT2D eigenvalue weighted by molar-refractivity contribution is 5.74. The summed E-state index contributed by atoms with van der Waals surface area (Å²) in [6, 6.07) is 21.7. The Labute approximate surface area is 205 Å². The fourth-order valence-electron chi connectivity index (χ4n) is 4.99. The third-order valence-electron chi connectivity index (χ3n) is 6.74. The topological polar surface area (TPSA) is 89.8 Å². The molecule has 1 aliphatic heterocycles. The highest BCUT2D eigenvalue weighted by Gasteiger charge is 2.40. The molecule has 3 aromatic rings. The maximum absolute atomic E-state index is 12.4. The molecule has 1 aromatic heterocycles. The van der Waals surface area contributed by atoms with E-state index in [4.69, 9.17) is 9.47 Å². The number of anilines is 2. The summed E-state index contributed by atoms with van der Waals surface area (Å²) in [6.45, 7) is 2.28. The van der Waals surface area contributed by atoms with Crippen molar-refractivity contribution in [1.82, 2.24) is 4.98 Å². The van der Waals surface area contributed by atoms with Gasteiger partial charge in [-0.1, -0.05) is 60.7 Å². The van der Waals surface area contributed by atoms with Crippen LogP contribution in [0.2, 0.25) is 0 Å². The predicted octanol–water partition coefficient (Wildman–Crippen LogP) is 5.29. The molecule has 0 amide bonds. The summed E-state index contributed by atoms with van der Waals surface area (Å²) in [5, 5.41) is 15.8. The summed E-state index contributed by atoms with van der Waals surface area (Å²) >= 11 is 0. The molecule has 2 aromatic carbocycles. The van der Waals surface area contributed by atoms with Crippen LogP contribution >= 0.6 is 0 Å². The molecule has 8 heteroatoms. The van der Waals surface area contributed by atoms with Gasteiger partial charge < -0.3 is 19.7 Å². The number of ether oxygens (including phenoxy) is 2. The van der Waals surface area contributed by atoms with E-state index < -0.39 is 5.79 Å². The molecule has 2 heterocycles. The van der Waals surface area contributed by atoms with Gasteiger partial charge in [0.25, 0.3) is 0 Å². The molecule has 5 rings (SSSR count). The van der Waals surface area contributed by atoms with Crippen molar-refractivity contribution in [1.29, 1.82) is 0 Å². The van der Waals surface area contributed by atoms with Gasteiger partial charge in [0.15, 0.2) is 5.79 Å². The van der Waals surface area contributed by atoms with E-state index in [-0.39, 0.29) is 16.7 Å². The zero-order valence-electron chi connectivity index (χ0n) is 19.6. The van der Waals surface area contributed by atoms with Gasteiger partial charge >= 0.3 is 5.69 Å². The van der Waals surface area contributed by atoms with Crippen LogP contribution in [-0.2, 0) is 22.6 Å². The first-order valence-electron chi connectivity index (χ1n) is 12.1. The summed E-state index contributed by atoms with van der Waals surface area (Å²) in [5.74, 6) is -0.0992. The molecule has 0 bridgehead atoms. The molecule has 2 fully saturated rings. The van der Waals surface area contributed by atoms with E-state index in [0.717, 1.165) is 36.8 Å². The van der Waals surface area contributed by atoms with Crippen molar-refractivity contribution in [2.75, 3.05) is 23.4 Å². The zero-order valence-corrected chi connectivity index (χ0v) is 19.6.